The van der Waals surface area contributed by atoms with Crippen LogP contribution in [0.2, 0.25) is 0 Å². The van der Waals surface area contributed by atoms with Crippen LogP contribution in [0.4, 0.5) is 0 Å². The lowest BCUT2D eigenvalue weighted by molar-refractivity contribution is -0.0183. The van der Waals surface area contributed by atoms with Gasteiger partial charge in [-0.2, -0.15) is 0 Å². The van der Waals surface area contributed by atoms with Crippen LogP contribution in [0.15, 0.2) is 65.6 Å². The minimum absolute atomic E-state index is 0.374. The minimum atomic E-state index is -0.402. The molecule has 0 N–H and O–H groups in total. The van der Waals surface area contributed by atoms with E-state index in [1.807, 2.05) is 18.2 Å². The highest BCUT2D eigenvalue weighted by molar-refractivity contribution is 6.62. The molecule has 0 amide bonds. The van der Waals surface area contributed by atoms with E-state index in [-0.39, 0.29) is 16.8 Å². The fraction of sp³-hybridized carbons (Fsp3) is 0.484. The number of furan rings is 1. The van der Waals surface area contributed by atoms with E-state index >= 15 is 0 Å². The minimum Gasteiger partial charge on any atom is -0.456 e. The molecule has 3 heterocycles. The molecule has 2 saturated heterocycles. The lowest BCUT2D eigenvalue weighted by atomic mass is 9.78. The summed E-state index contributed by atoms with van der Waals surface area (Å²) in [6, 6.07) is 16.4. The Bertz CT molecular complexity index is 1310. The van der Waals surface area contributed by atoms with Crippen molar-refractivity contribution in [1.82, 2.24) is 0 Å². The van der Waals surface area contributed by atoms with E-state index in [0.717, 1.165) is 46.1 Å². The van der Waals surface area contributed by atoms with E-state index < -0.39 is 19.8 Å². The quantitative estimate of drug-likeness (QED) is 0.275. The second kappa shape index (κ2) is 9.41. The molecule has 7 heteroatoms. The van der Waals surface area contributed by atoms with Crippen LogP contribution < -0.4 is 10.9 Å². The molecule has 2 unspecified atom stereocenters. The van der Waals surface area contributed by atoms with E-state index in [0.29, 0.717) is 5.92 Å². The molecule has 2 aliphatic rings. The van der Waals surface area contributed by atoms with Gasteiger partial charge in [0.05, 0.1) is 22.4 Å². The van der Waals surface area contributed by atoms with Crippen molar-refractivity contribution in [1.29, 1.82) is 0 Å². The van der Waals surface area contributed by atoms with Crippen LogP contribution in [0.3, 0.4) is 0 Å². The third-order valence-corrected chi connectivity index (χ3v) is 9.05. The van der Waals surface area contributed by atoms with Crippen LogP contribution in [0.1, 0.15) is 68.2 Å². The van der Waals surface area contributed by atoms with E-state index in [9.17, 15) is 0 Å². The zero-order chi connectivity index (χ0) is 27.5. The topological polar surface area (TPSA) is 50.1 Å². The fourth-order valence-corrected chi connectivity index (χ4v) is 5.05. The summed E-state index contributed by atoms with van der Waals surface area (Å²) in [7, 11) is -0.801. The molecule has 2 aliphatic heterocycles. The Kier molecular flexibility index (Phi) is 6.75. The third kappa shape index (κ3) is 4.79. The van der Waals surface area contributed by atoms with Crippen molar-refractivity contribution in [2.24, 2.45) is 5.92 Å². The smallest absolute Gasteiger partial charge is 0.456 e. The first-order valence-corrected chi connectivity index (χ1v) is 13.7. The van der Waals surface area contributed by atoms with Gasteiger partial charge in [0.25, 0.3) is 0 Å². The van der Waals surface area contributed by atoms with Crippen molar-refractivity contribution < 1.29 is 23.0 Å². The molecule has 2 fully saturated rings. The van der Waals surface area contributed by atoms with Gasteiger partial charge >= 0.3 is 14.2 Å². The van der Waals surface area contributed by atoms with E-state index in [1.165, 1.54) is 0 Å². The van der Waals surface area contributed by atoms with Gasteiger partial charge in [-0.3, -0.25) is 0 Å². The molecular weight excluding hydrogens is 474 g/mol. The van der Waals surface area contributed by atoms with Crippen molar-refractivity contribution in [2.75, 3.05) is 0 Å². The van der Waals surface area contributed by atoms with Gasteiger partial charge in [0.1, 0.15) is 11.3 Å². The molecule has 2 atom stereocenters. The molecule has 0 spiro atoms. The summed E-state index contributed by atoms with van der Waals surface area (Å²) >= 11 is 0. The number of rotatable bonds is 7. The van der Waals surface area contributed by atoms with Gasteiger partial charge in [0.2, 0.25) is 0 Å². The summed E-state index contributed by atoms with van der Waals surface area (Å²) < 4.78 is 31.6. The normalized spacial score (nSPS) is 24.7. The first-order chi connectivity index (χ1) is 17.7. The van der Waals surface area contributed by atoms with Crippen LogP contribution in [-0.2, 0) is 18.6 Å². The fourth-order valence-electron chi connectivity index (χ4n) is 5.05. The van der Waals surface area contributed by atoms with Crippen LogP contribution >= 0.6 is 0 Å². The van der Waals surface area contributed by atoms with Gasteiger partial charge in [0.15, 0.2) is 0 Å². The first kappa shape index (κ1) is 27.3. The number of hydrogen-bond donors (Lipinski definition) is 0. The zero-order valence-corrected chi connectivity index (χ0v) is 24.1. The van der Waals surface area contributed by atoms with Crippen molar-refractivity contribution in [2.45, 2.75) is 90.6 Å². The predicted octanol–water partition coefficient (Wildman–Crippen LogP) is 6.28. The summed E-state index contributed by atoms with van der Waals surface area (Å²) in [6.45, 7) is 20.8. The highest BCUT2D eigenvalue weighted by Gasteiger charge is 2.54. The number of fused-ring (bicyclic) bond motifs is 1. The molecule has 5 nitrogen and oxygen atoms in total. The van der Waals surface area contributed by atoms with Gasteiger partial charge in [-0.05, 0) is 90.3 Å². The van der Waals surface area contributed by atoms with Crippen LogP contribution in [-0.4, -0.2) is 36.6 Å². The van der Waals surface area contributed by atoms with Gasteiger partial charge in [-0.1, -0.05) is 49.4 Å². The number of benzene rings is 2. The number of hydrogen-bond acceptors (Lipinski definition) is 5. The SMILES string of the molecule is C=CC(C)CCC1(C)OB(c2ccc(-c3cc4cc(B5OC(C)(C)C(C)(C)O5)ccc4o3)cc2)OC1(C)C. The maximum absolute atomic E-state index is 6.53. The standard InChI is InChI=1S/C31H40B2O5/c1-10-21(2)17-18-31(9)30(7,8)37-32(38-31)24-13-11-22(12-14-24)27-20-23-19-25(15-16-26(23)34-27)33-35-28(3,4)29(5,6)36-33/h10-16,19-21H,1,17-18H2,2-9H3. The Morgan fingerprint density at radius 1 is 0.763 bits per heavy atom. The molecular formula is C31H40B2O5. The second-order valence-corrected chi connectivity index (χ2v) is 12.7. The summed E-state index contributed by atoms with van der Waals surface area (Å²) in [5, 5.41) is 1.02. The average Bonchev–Trinajstić information content (AvgIpc) is 3.46. The van der Waals surface area contributed by atoms with Crippen LogP contribution in [0.25, 0.3) is 22.3 Å². The molecule has 200 valence electrons. The van der Waals surface area contributed by atoms with E-state index in [1.54, 1.807) is 0 Å². The largest absolute Gasteiger partial charge is 0.494 e. The molecule has 2 aromatic carbocycles. The van der Waals surface area contributed by atoms with Crippen LogP contribution in [0, 0.1) is 5.92 Å². The Hall–Kier alpha value is -2.31. The lowest BCUT2D eigenvalue weighted by Gasteiger charge is -2.37. The summed E-state index contributed by atoms with van der Waals surface area (Å²) in [5.74, 6) is 1.26. The third-order valence-electron chi connectivity index (χ3n) is 9.05. The zero-order valence-electron chi connectivity index (χ0n) is 24.1. The molecule has 0 radical (unpaired) electrons. The number of allylic oxidation sites excluding steroid dienone is 1. The molecule has 0 saturated carbocycles. The monoisotopic (exact) mass is 514 g/mol. The van der Waals surface area contributed by atoms with Crippen molar-refractivity contribution >= 4 is 36.1 Å². The molecule has 3 aromatic rings. The van der Waals surface area contributed by atoms with Crippen molar-refractivity contribution in [3.63, 3.8) is 0 Å². The molecule has 0 aliphatic carbocycles. The van der Waals surface area contributed by atoms with E-state index in [2.05, 4.69) is 98.4 Å². The van der Waals surface area contributed by atoms with Crippen molar-refractivity contribution in [3.8, 4) is 11.3 Å². The maximum Gasteiger partial charge on any atom is 0.494 e. The second-order valence-electron chi connectivity index (χ2n) is 12.7. The van der Waals surface area contributed by atoms with Crippen molar-refractivity contribution in [3.05, 3.63) is 61.2 Å². The molecule has 1 aromatic heterocycles. The van der Waals surface area contributed by atoms with Crippen LogP contribution in [0.5, 0.6) is 0 Å². The Morgan fingerprint density at radius 2 is 1.34 bits per heavy atom. The Morgan fingerprint density at radius 3 is 1.97 bits per heavy atom. The summed E-state index contributed by atoms with van der Waals surface area (Å²) in [6.07, 6.45) is 3.92. The summed E-state index contributed by atoms with van der Waals surface area (Å²) in [5.41, 5.74) is 2.30. The van der Waals surface area contributed by atoms with Gasteiger partial charge < -0.3 is 23.0 Å². The van der Waals surface area contributed by atoms with Gasteiger partial charge in [-0.15, -0.1) is 6.58 Å². The highest BCUT2D eigenvalue weighted by Crippen LogP contribution is 2.41. The Labute approximate surface area is 228 Å². The highest BCUT2D eigenvalue weighted by atomic mass is 16.7. The van der Waals surface area contributed by atoms with Gasteiger partial charge in [0, 0.05) is 10.9 Å². The Balaban J connectivity index is 1.32. The summed E-state index contributed by atoms with van der Waals surface area (Å²) in [4.78, 5) is 0. The molecule has 38 heavy (non-hydrogen) atoms. The maximum atomic E-state index is 6.53. The first-order valence-electron chi connectivity index (χ1n) is 13.7. The molecule has 5 rings (SSSR count). The molecule has 0 bridgehead atoms. The van der Waals surface area contributed by atoms with Gasteiger partial charge in [-0.25, -0.2) is 0 Å². The lowest BCUT2D eigenvalue weighted by Crippen LogP contribution is -2.44. The predicted molar refractivity (Wildman–Crippen MR) is 156 cm³/mol. The average molecular weight is 514 g/mol. The van der Waals surface area contributed by atoms with E-state index in [4.69, 9.17) is 23.0 Å².